The number of halogens is 2. The molecule has 0 saturated carbocycles. The van der Waals surface area contributed by atoms with Crippen LogP contribution >= 0.6 is 0 Å². The average molecular weight is 242 g/mol. The summed E-state index contributed by atoms with van der Waals surface area (Å²) in [6.07, 6.45) is 4.28. The Morgan fingerprint density at radius 3 is 2.76 bits per heavy atom. The summed E-state index contributed by atoms with van der Waals surface area (Å²) in [5, 5.41) is 13.3. The van der Waals surface area contributed by atoms with Gasteiger partial charge in [-0.1, -0.05) is 12.2 Å². The first-order valence-corrected chi connectivity index (χ1v) is 5.04. The molecule has 0 atom stereocenters. The van der Waals surface area contributed by atoms with Gasteiger partial charge in [-0.25, -0.2) is 4.39 Å². The topological polar surface area (TPSA) is 55.2 Å². The van der Waals surface area contributed by atoms with Crippen LogP contribution in [0.1, 0.15) is 13.3 Å². The Bertz CT molecular complexity index is 447. The molecule has 1 aromatic carbocycles. The normalized spacial score (nSPS) is 10.8. The Labute approximate surface area is 97.1 Å². The van der Waals surface area contributed by atoms with E-state index in [2.05, 4.69) is 5.32 Å². The van der Waals surface area contributed by atoms with Crippen molar-refractivity contribution in [3.63, 3.8) is 0 Å². The molecule has 0 radical (unpaired) electrons. The summed E-state index contributed by atoms with van der Waals surface area (Å²) in [5.74, 6) is -2.02. The van der Waals surface area contributed by atoms with Gasteiger partial charge in [0.15, 0.2) is 0 Å². The number of nitrogens with one attached hydrogen (secondary N) is 1. The second-order valence-corrected chi connectivity index (χ2v) is 3.33. The SMILES string of the molecule is C/C=C/CCNc1cc(F)cc(F)c1[N+](=O)[O-]. The molecule has 0 aliphatic rings. The summed E-state index contributed by atoms with van der Waals surface area (Å²) in [6, 6.07) is 1.41. The van der Waals surface area contributed by atoms with Crippen molar-refractivity contribution < 1.29 is 13.7 Å². The van der Waals surface area contributed by atoms with Crippen molar-refractivity contribution in [1.29, 1.82) is 0 Å². The molecule has 0 spiro atoms. The molecule has 0 aromatic heterocycles. The van der Waals surface area contributed by atoms with Gasteiger partial charge >= 0.3 is 5.69 Å². The molecule has 0 heterocycles. The van der Waals surface area contributed by atoms with E-state index in [0.29, 0.717) is 19.0 Å². The van der Waals surface area contributed by atoms with Crippen molar-refractivity contribution in [2.45, 2.75) is 13.3 Å². The zero-order valence-electron chi connectivity index (χ0n) is 9.24. The van der Waals surface area contributed by atoms with Gasteiger partial charge in [0.2, 0.25) is 5.82 Å². The van der Waals surface area contributed by atoms with Crippen LogP contribution in [-0.2, 0) is 0 Å². The summed E-state index contributed by atoms with van der Waals surface area (Å²) in [6.45, 7) is 2.21. The highest BCUT2D eigenvalue weighted by molar-refractivity contribution is 5.62. The van der Waals surface area contributed by atoms with Crippen LogP contribution < -0.4 is 5.32 Å². The van der Waals surface area contributed by atoms with Crippen LogP contribution in [0.5, 0.6) is 0 Å². The van der Waals surface area contributed by atoms with Crippen molar-refractivity contribution >= 4 is 11.4 Å². The van der Waals surface area contributed by atoms with Crippen molar-refractivity contribution in [1.82, 2.24) is 0 Å². The fourth-order valence-electron chi connectivity index (χ4n) is 1.34. The van der Waals surface area contributed by atoms with Gasteiger partial charge in [-0.3, -0.25) is 10.1 Å². The van der Waals surface area contributed by atoms with E-state index < -0.39 is 22.2 Å². The molecule has 0 aliphatic heterocycles. The van der Waals surface area contributed by atoms with Gasteiger partial charge in [0.1, 0.15) is 11.5 Å². The standard InChI is InChI=1S/C11H12F2N2O2/c1-2-3-4-5-14-10-7-8(12)6-9(13)11(10)15(16)17/h2-3,6-7,14H,4-5H2,1H3/b3-2+. The maximum absolute atomic E-state index is 13.2. The first-order valence-electron chi connectivity index (χ1n) is 5.04. The first kappa shape index (κ1) is 13.1. The van der Waals surface area contributed by atoms with Crippen LogP contribution in [-0.4, -0.2) is 11.5 Å². The number of allylic oxidation sites excluding steroid dienone is 1. The van der Waals surface area contributed by atoms with Gasteiger partial charge < -0.3 is 5.32 Å². The number of hydrogen-bond donors (Lipinski definition) is 1. The van der Waals surface area contributed by atoms with Gasteiger partial charge in [-0.15, -0.1) is 0 Å². The minimum Gasteiger partial charge on any atom is -0.379 e. The second-order valence-electron chi connectivity index (χ2n) is 3.33. The van der Waals surface area contributed by atoms with Crippen LogP contribution in [0.15, 0.2) is 24.3 Å². The predicted molar refractivity (Wildman–Crippen MR) is 60.9 cm³/mol. The minimum atomic E-state index is -1.18. The molecule has 0 aliphatic carbocycles. The molecular weight excluding hydrogens is 230 g/mol. The molecule has 0 saturated heterocycles. The lowest BCUT2D eigenvalue weighted by molar-refractivity contribution is -0.386. The zero-order valence-corrected chi connectivity index (χ0v) is 9.24. The van der Waals surface area contributed by atoms with E-state index in [1.54, 1.807) is 0 Å². The smallest absolute Gasteiger partial charge is 0.327 e. The number of anilines is 1. The molecule has 1 rings (SSSR count). The van der Waals surface area contributed by atoms with Gasteiger partial charge in [0.25, 0.3) is 0 Å². The number of benzene rings is 1. The molecule has 0 unspecified atom stereocenters. The Morgan fingerprint density at radius 1 is 1.47 bits per heavy atom. The Morgan fingerprint density at radius 2 is 2.18 bits per heavy atom. The Kier molecular flexibility index (Phi) is 4.56. The number of nitrogens with zero attached hydrogens (tertiary/aromatic N) is 1. The average Bonchev–Trinajstić information content (AvgIpc) is 2.22. The summed E-state index contributed by atoms with van der Waals surface area (Å²) in [5.41, 5.74) is -0.871. The lowest BCUT2D eigenvalue weighted by Gasteiger charge is -2.06. The number of nitro benzene ring substituents is 1. The summed E-state index contributed by atoms with van der Waals surface area (Å²) >= 11 is 0. The second kappa shape index (κ2) is 5.93. The van der Waals surface area contributed by atoms with E-state index in [1.807, 2.05) is 19.1 Å². The zero-order chi connectivity index (χ0) is 12.8. The van der Waals surface area contributed by atoms with E-state index >= 15 is 0 Å². The van der Waals surface area contributed by atoms with E-state index in [-0.39, 0.29) is 5.69 Å². The van der Waals surface area contributed by atoms with E-state index in [9.17, 15) is 18.9 Å². The third-order valence-electron chi connectivity index (χ3n) is 2.07. The molecule has 1 N–H and O–H groups in total. The quantitative estimate of drug-likeness (QED) is 0.373. The summed E-state index contributed by atoms with van der Waals surface area (Å²) in [4.78, 5) is 9.76. The highest BCUT2D eigenvalue weighted by Gasteiger charge is 2.21. The maximum atomic E-state index is 13.2. The van der Waals surface area contributed by atoms with Crippen molar-refractivity contribution in [3.05, 3.63) is 46.0 Å². The number of rotatable bonds is 5. The maximum Gasteiger partial charge on any atom is 0.327 e. The van der Waals surface area contributed by atoms with Crippen molar-refractivity contribution in [2.75, 3.05) is 11.9 Å². The summed E-state index contributed by atoms with van der Waals surface area (Å²) in [7, 11) is 0. The molecule has 17 heavy (non-hydrogen) atoms. The molecular formula is C11H12F2N2O2. The molecule has 0 amide bonds. The van der Waals surface area contributed by atoms with Gasteiger partial charge in [0.05, 0.1) is 4.92 Å². The molecule has 4 nitrogen and oxygen atoms in total. The Balaban J connectivity index is 2.92. The fourth-order valence-corrected chi connectivity index (χ4v) is 1.34. The van der Waals surface area contributed by atoms with Crippen LogP contribution in [0.4, 0.5) is 20.2 Å². The Hall–Kier alpha value is -1.98. The van der Waals surface area contributed by atoms with Crippen LogP contribution in [0.2, 0.25) is 0 Å². The van der Waals surface area contributed by atoms with Crippen LogP contribution in [0.3, 0.4) is 0 Å². The summed E-state index contributed by atoms with van der Waals surface area (Å²) < 4.78 is 26.1. The van der Waals surface area contributed by atoms with Gasteiger partial charge in [0, 0.05) is 18.7 Å². The first-order chi connectivity index (χ1) is 8.06. The highest BCUT2D eigenvalue weighted by atomic mass is 19.1. The third kappa shape index (κ3) is 3.51. The van der Waals surface area contributed by atoms with Gasteiger partial charge in [-0.05, 0) is 13.3 Å². The predicted octanol–water partition coefficient (Wildman–Crippen LogP) is 3.25. The van der Waals surface area contributed by atoms with E-state index in [0.717, 1.165) is 6.07 Å². The number of nitro groups is 1. The minimum absolute atomic E-state index is 0.142. The lowest BCUT2D eigenvalue weighted by Crippen LogP contribution is -2.05. The van der Waals surface area contributed by atoms with Crippen LogP contribution in [0.25, 0.3) is 0 Å². The molecule has 0 bridgehead atoms. The van der Waals surface area contributed by atoms with Crippen molar-refractivity contribution in [2.24, 2.45) is 0 Å². The molecule has 0 fully saturated rings. The molecule has 1 aromatic rings. The fraction of sp³-hybridized carbons (Fsp3) is 0.273. The highest BCUT2D eigenvalue weighted by Crippen LogP contribution is 2.28. The van der Waals surface area contributed by atoms with E-state index in [4.69, 9.17) is 0 Å². The molecule has 92 valence electrons. The third-order valence-corrected chi connectivity index (χ3v) is 2.07. The van der Waals surface area contributed by atoms with Gasteiger partial charge in [-0.2, -0.15) is 4.39 Å². The van der Waals surface area contributed by atoms with Crippen molar-refractivity contribution in [3.8, 4) is 0 Å². The number of hydrogen-bond acceptors (Lipinski definition) is 3. The van der Waals surface area contributed by atoms with E-state index in [1.165, 1.54) is 0 Å². The largest absolute Gasteiger partial charge is 0.379 e. The van der Waals surface area contributed by atoms with Crippen LogP contribution in [0, 0.1) is 21.7 Å². The monoisotopic (exact) mass is 242 g/mol. The lowest BCUT2D eigenvalue weighted by atomic mass is 10.2. The molecule has 6 heteroatoms.